The molecule has 2 fully saturated rings. The van der Waals surface area contributed by atoms with Gasteiger partial charge in [0.05, 0.1) is 12.1 Å². The molecule has 1 aromatic rings. The molecule has 0 aliphatic carbocycles. The van der Waals surface area contributed by atoms with E-state index in [1.165, 1.54) is 0 Å². The topological polar surface area (TPSA) is 62.3 Å². The van der Waals surface area contributed by atoms with Crippen molar-refractivity contribution in [3.8, 4) is 0 Å². The predicted molar refractivity (Wildman–Crippen MR) is 83.5 cm³/mol. The Labute approximate surface area is 132 Å². The van der Waals surface area contributed by atoms with Gasteiger partial charge in [0.25, 0.3) is 0 Å². The molecule has 0 aromatic carbocycles. The van der Waals surface area contributed by atoms with Gasteiger partial charge in [-0.3, -0.25) is 9.59 Å². The number of carbonyl (C=O) groups is 2. The first-order valence-corrected chi connectivity index (χ1v) is 9.16. The minimum absolute atomic E-state index is 0.125. The van der Waals surface area contributed by atoms with E-state index >= 15 is 0 Å². The van der Waals surface area contributed by atoms with Gasteiger partial charge in [-0.1, -0.05) is 18.7 Å². The van der Waals surface area contributed by atoms with Crippen LogP contribution in [-0.2, 0) is 16.0 Å². The Morgan fingerprint density at radius 3 is 3.29 bits per heavy atom. The van der Waals surface area contributed by atoms with Crippen molar-refractivity contribution in [1.82, 2.24) is 15.2 Å². The van der Waals surface area contributed by atoms with E-state index in [-0.39, 0.29) is 23.8 Å². The van der Waals surface area contributed by atoms with Gasteiger partial charge in [-0.15, -0.1) is 11.3 Å². The molecule has 0 unspecified atom stereocenters. The van der Waals surface area contributed by atoms with Crippen LogP contribution in [0.4, 0.5) is 0 Å². The Bertz CT molecular complexity index is 546. The number of nitrogens with zero attached hydrogens (tertiary/aromatic N) is 2. The minimum atomic E-state index is 0.125. The molecule has 21 heavy (non-hydrogen) atoms. The van der Waals surface area contributed by atoms with E-state index in [0.717, 1.165) is 28.8 Å². The summed E-state index contributed by atoms with van der Waals surface area (Å²) in [4.78, 5) is 30.2. The molecule has 3 rings (SSSR count). The molecule has 7 heteroatoms. The number of nitrogens with one attached hydrogen (secondary N) is 1. The standard InChI is InChI=1S/C14H19N3O2S2/c1-2-20-14-15-10(8-21-14)6-13(19)17-4-3-11-9(7-17)5-12(18)16-11/h8-9,11H,2-7H2,1H3,(H,16,18)/t9-,11+/m1/s1. The molecule has 2 saturated heterocycles. The third-order valence-electron chi connectivity index (χ3n) is 4.01. The number of fused-ring (bicyclic) bond motifs is 1. The number of rotatable bonds is 4. The van der Waals surface area contributed by atoms with E-state index in [4.69, 9.17) is 0 Å². The molecule has 1 N–H and O–H groups in total. The number of hydrogen-bond acceptors (Lipinski definition) is 5. The minimum Gasteiger partial charge on any atom is -0.353 e. The van der Waals surface area contributed by atoms with Crippen LogP contribution in [0.3, 0.4) is 0 Å². The second kappa shape index (κ2) is 6.36. The normalized spacial score (nSPS) is 24.8. The smallest absolute Gasteiger partial charge is 0.228 e. The van der Waals surface area contributed by atoms with Crippen molar-refractivity contribution in [2.45, 2.75) is 36.6 Å². The van der Waals surface area contributed by atoms with Crippen molar-refractivity contribution in [3.63, 3.8) is 0 Å². The Morgan fingerprint density at radius 1 is 1.62 bits per heavy atom. The fourth-order valence-electron chi connectivity index (χ4n) is 2.99. The summed E-state index contributed by atoms with van der Waals surface area (Å²) in [5.41, 5.74) is 0.865. The number of amides is 2. The summed E-state index contributed by atoms with van der Waals surface area (Å²) in [6.45, 7) is 3.53. The average Bonchev–Trinajstić information content (AvgIpc) is 3.03. The van der Waals surface area contributed by atoms with Crippen molar-refractivity contribution in [1.29, 1.82) is 0 Å². The van der Waals surface area contributed by atoms with Crippen LogP contribution in [0.15, 0.2) is 9.72 Å². The zero-order chi connectivity index (χ0) is 14.8. The highest BCUT2D eigenvalue weighted by Crippen LogP contribution is 2.26. The average molecular weight is 325 g/mol. The van der Waals surface area contributed by atoms with Gasteiger partial charge in [-0.25, -0.2) is 4.98 Å². The molecule has 1 aromatic heterocycles. The van der Waals surface area contributed by atoms with Gasteiger partial charge < -0.3 is 10.2 Å². The van der Waals surface area contributed by atoms with Crippen molar-refractivity contribution in [2.24, 2.45) is 5.92 Å². The van der Waals surface area contributed by atoms with E-state index in [0.29, 0.717) is 19.4 Å². The second-order valence-corrected chi connectivity index (χ2v) is 7.85. The number of aromatic nitrogens is 1. The zero-order valence-corrected chi connectivity index (χ0v) is 13.6. The van der Waals surface area contributed by atoms with E-state index in [2.05, 4.69) is 17.2 Å². The van der Waals surface area contributed by atoms with Crippen LogP contribution in [0.2, 0.25) is 0 Å². The Morgan fingerprint density at radius 2 is 2.48 bits per heavy atom. The molecule has 3 heterocycles. The van der Waals surface area contributed by atoms with E-state index in [9.17, 15) is 9.59 Å². The molecule has 2 aliphatic rings. The van der Waals surface area contributed by atoms with Crippen LogP contribution in [-0.4, -0.2) is 46.6 Å². The number of likely N-dealkylation sites (tertiary alicyclic amines) is 1. The maximum Gasteiger partial charge on any atom is 0.228 e. The third-order valence-corrected chi connectivity index (χ3v) is 5.96. The van der Waals surface area contributed by atoms with E-state index in [1.54, 1.807) is 23.1 Å². The predicted octanol–water partition coefficient (Wildman–Crippen LogP) is 1.53. The first-order chi connectivity index (χ1) is 10.2. The first kappa shape index (κ1) is 14.8. The quantitative estimate of drug-likeness (QED) is 0.853. The number of thioether (sulfide) groups is 1. The molecule has 0 saturated carbocycles. The van der Waals surface area contributed by atoms with Gasteiger partial charge in [0.1, 0.15) is 4.34 Å². The lowest BCUT2D eigenvalue weighted by molar-refractivity contribution is -0.132. The van der Waals surface area contributed by atoms with Crippen LogP contribution in [0.25, 0.3) is 0 Å². The molecule has 2 amide bonds. The summed E-state index contributed by atoms with van der Waals surface area (Å²) in [5.74, 6) is 1.54. The van der Waals surface area contributed by atoms with Crippen LogP contribution in [0.5, 0.6) is 0 Å². The van der Waals surface area contributed by atoms with Crippen molar-refractivity contribution >= 4 is 34.9 Å². The Kier molecular flexibility index (Phi) is 4.49. The molecule has 2 atom stereocenters. The molecule has 2 aliphatic heterocycles. The monoisotopic (exact) mass is 325 g/mol. The van der Waals surface area contributed by atoms with Crippen LogP contribution < -0.4 is 5.32 Å². The van der Waals surface area contributed by atoms with Gasteiger partial charge in [-0.05, 0) is 12.2 Å². The second-order valence-electron chi connectivity index (χ2n) is 5.48. The molecular weight excluding hydrogens is 306 g/mol. The van der Waals surface area contributed by atoms with E-state index in [1.807, 2.05) is 10.3 Å². The lowest BCUT2D eigenvalue weighted by Gasteiger charge is -2.34. The molecule has 0 spiro atoms. The molecule has 0 bridgehead atoms. The SMILES string of the molecule is CCSc1nc(CC(=O)N2CC[C@@H]3NC(=O)C[C@@H]3C2)cs1. The van der Waals surface area contributed by atoms with E-state index < -0.39 is 0 Å². The summed E-state index contributed by atoms with van der Waals surface area (Å²) in [7, 11) is 0. The fraction of sp³-hybridized carbons (Fsp3) is 0.643. The van der Waals surface area contributed by atoms with Crippen molar-refractivity contribution in [3.05, 3.63) is 11.1 Å². The van der Waals surface area contributed by atoms with Gasteiger partial charge in [0.2, 0.25) is 11.8 Å². The van der Waals surface area contributed by atoms with Crippen LogP contribution in [0, 0.1) is 5.92 Å². The maximum atomic E-state index is 12.4. The summed E-state index contributed by atoms with van der Waals surface area (Å²) in [6, 6.07) is 0.272. The number of thiazole rings is 1. The number of piperidine rings is 1. The van der Waals surface area contributed by atoms with Crippen molar-refractivity contribution in [2.75, 3.05) is 18.8 Å². The molecule has 114 valence electrons. The lowest BCUT2D eigenvalue weighted by atomic mass is 9.93. The summed E-state index contributed by atoms with van der Waals surface area (Å²) in [6.07, 6.45) is 1.80. The van der Waals surface area contributed by atoms with Crippen molar-refractivity contribution < 1.29 is 9.59 Å². The van der Waals surface area contributed by atoms with Gasteiger partial charge in [-0.2, -0.15) is 0 Å². The summed E-state index contributed by atoms with van der Waals surface area (Å²) < 4.78 is 1.03. The third kappa shape index (κ3) is 3.40. The van der Waals surface area contributed by atoms with Gasteiger partial charge in [0.15, 0.2) is 0 Å². The van der Waals surface area contributed by atoms with Gasteiger partial charge in [0, 0.05) is 36.9 Å². The largest absolute Gasteiger partial charge is 0.353 e. The highest BCUT2D eigenvalue weighted by Gasteiger charge is 2.38. The summed E-state index contributed by atoms with van der Waals surface area (Å²) >= 11 is 3.31. The van der Waals surface area contributed by atoms with Crippen LogP contribution >= 0.6 is 23.1 Å². The Balaban J connectivity index is 1.56. The number of hydrogen-bond donors (Lipinski definition) is 1. The first-order valence-electron chi connectivity index (χ1n) is 7.30. The molecule has 5 nitrogen and oxygen atoms in total. The Hall–Kier alpha value is -1.08. The summed E-state index contributed by atoms with van der Waals surface area (Å²) in [5, 5.41) is 4.97. The van der Waals surface area contributed by atoms with Crippen LogP contribution in [0.1, 0.15) is 25.5 Å². The zero-order valence-electron chi connectivity index (χ0n) is 12.0. The highest BCUT2D eigenvalue weighted by atomic mass is 32.2. The highest BCUT2D eigenvalue weighted by molar-refractivity contribution is 8.00. The molecule has 0 radical (unpaired) electrons. The molecular formula is C14H19N3O2S2. The fourth-order valence-corrected chi connectivity index (χ4v) is 4.73. The maximum absolute atomic E-state index is 12.4. The lowest BCUT2D eigenvalue weighted by Crippen LogP contribution is -2.47. The number of carbonyl (C=O) groups excluding carboxylic acids is 2. The van der Waals surface area contributed by atoms with Gasteiger partial charge >= 0.3 is 0 Å².